The maximum Gasteiger partial charge on any atom is 0.174 e. The summed E-state index contributed by atoms with van der Waals surface area (Å²) in [6.45, 7) is 3.01. The van der Waals surface area contributed by atoms with Crippen molar-refractivity contribution < 1.29 is 9.47 Å². The number of thiocarbonyl (C=S) groups is 1. The van der Waals surface area contributed by atoms with Crippen LogP contribution in [0.5, 0.6) is 5.75 Å². The Hall–Kier alpha value is -3.39. The van der Waals surface area contributed by atoms with Gasteiger partial charge < -0.3 is 24.3 Å². The molecule has 0 amide bonds. The zero-order valence-electron chi connectivity index (χ0n) is 20.1. The van der Waals surface area contributed by atoms with Crippen molar-refractivity contribution in [2.24, 2.45) is 0 Å². The lowest BCUT2D eigenvalue weighted by Crippen LogP contribution is -2.30. The topological polar surface area (TPSA) is 51.6 Å². The van der Waals surface area contributed by atoms with Crippen molar-refractivity contribution in [1.82, 2.24) is 14.9 Å². The number of hydrogen-bond donors (Lipinski definition) is 1. The van der Waals surface area contributed by atoms with Gasteiger partial charge in [0, 0.05) is 36.6 Å². The second-order valence-corrected chi connectivity index (χ2v) is 9.39. The van der Waals surface area contributed by atoms with Crippen LogP contribution in [0.15, 0.2) is 85.2 Å². The number of aromatic nitrogens is 2. The molecule has 184 valence electrons. The summed E-state index contributed by atoms with van der Waals surface area (Å²) in [5, 5.41) is 4.64. The van der Waals surface area contributed by atoms with Crippen molar-refractivity contribution in [1.29, 1.82) is 0 Å². The lowest BCUT2D eigenvalue weighted by molar-refractivity contribution is 0.146. The Balaban J connectivity index is 1.59. The largest absolute Gasteiger partial charge is 0.490 e. The summed E-state index contributed by atoms with van der Waals surface area (Å²) in [7, 11) is 1.64. The Bertz CT molecular complexity index is 1360. The van der Waals surface area contributed by atoms with E-state index in [9.17, 15) is 0 Å². The third-order valence-electron chi connectivity index (χ3n) is 6.20. The Morgan fingerprint density at radius 3 is 2.64 bits per heavy atom. The minimum absolute atomic E-state index is 0.159. The molecule has 1 saturated heterocycles. The normalized spacial score (nSPS) is 17.3. The highest BCUT2D eigenvalue weighted by Crippen LogP contribution is 2.43. The van der Waals surface area contributed by atoms with Crippen LogP contribution in [0.4, 0.5) is 5.69 Å². The average Bonchev–Trinajstić information content (AvgIpc) is 3.50. The number of methoxy groups -OCH3 is 1. The highest BCUT2D eigenvalue weighted by atomic mass is 35.5. The second kappa shape index (κ2) is 10.7. The molecule has 1 aliphatic heterocycles. The van der Waals surface area contributed by atoms with Crippen LogP contribution < -0.4 is 15.0 Å². The Morgan fingerprint density at radius 1 is 1.00 bits per heavy atom. The third-order valence-corrected chi connectivity index (χ3v) is 6.81. The van der Waals surface area contributed by atoms with Crippen molar-refractivity contribution in [3.05, 3.63) is 107 Å². The van der Waals surface area contributed by atoms with Gasteiger partial charge >= 0.3 is 0 Å². The van der Waals surface area contributed by atoms with Gasteiger partial charge in [-0.1, -0.05) is 29.8 Å². The molecule has 4 aromatic rings. The molecule has 1 fully saturated rings. The maximum absolute atomic E-state index is 6.63. The summed E-state index contributed by atoms with van der Waals surface area (Å²) in [5.41, 5.74) is 5.15. The standard InChI is InChI=1S/C28H27ClN4O2S/c1-19-7-5-8-20(17-19)32-14-6-10-24(32)27-26(23-9-3-4-13-30-23)31-28(36)33(27)21-11-12-25(22(29)18-21)35-16-15-34-2/h3-14,17-18,26-27H,15-16H2,1-2H3,(H,31,36)/t26-,27+/m0/s1. The number of pyridine rings is 1. The first-order chi connectivity index (χ1) is 17.6. The number of anilines is 1. The van der Waals surface area contributed by atoms with Crippen molar-refractivity contribution in [3.8, 4) is 11.4 Å². The minimum atomic E-state index is -0.167. The fourth-order valence-electron chi connectivity index (χ4n) is 4.57. The van der Waals surface area contributed by atoms with Crippen LogP contribution in [0.2, 0.25) is 5.02 Å². The molecule has 1 aliphatic rings. The van der Waals surface area contributed by atoms with Gasteiger partial charge in [0.2, 0.25) is 0 Å². The molecule has 0 unspecified atom stereocenters. The number of nitrogens with one attached hydrogen (secondary N) is 1. The van der Waals surface area contributed by atoms with Gasteiger partial charge in [-0.15, -0.1) is 0 Å². The molecule has 1 N–H and O–H groups in total. The van der Waals surface area contributed by atoms with Crippen LogP contribution in [0.25, 0.3) is 5.69 Å². The number of ether oxygens (including phenoxy) is 2. The number of aryl methyl sites for hydroxylation is 1. The van der Waals surface area contributed by atoms with Crippen molar-refractivity contribution in [2.45, 2.75) is 19.0 Å². The van der Waals surface area contributed by atoms with Gasteiger partial charge in [-0.05, 0) is 79.3 Å². The first-order valence-corrected chi connectivity index (χ1v) is 12.5. The van der Waals surface area contributed by atoms with E-state index in [1.807, 2.05) is 42.6 Å². The number of halogens is 1. The molecular weight excluding hydrogens is 492 g/mol. The zero-order chi connectivity index (χ0) is 25.1. The fraction of sp³-hybridized carbons (Fsp3) is 0.214. The van der Waals surface area contributed by atoms with E-state index in [0.717, 1.165) is 22.8 Å². The molecule has 2 aromatic heterocycles. The van der Waals surface area contributed by atoms with Crippen LogP contribution >= 0.6 is 23.8 Å². The van der Waals surface area contributed by atoms with Crippen LogP contribution in [-0.4, -0.2) is 35.0 Å². The highest BCUT2D eigenvalue weighted by molar-refractivity contribution is 7.80. The molecular formula is C28H27ClN4O2S. The molecule has 0 radical (unpaired) electrons. The van der Waals surface area contributed by atoms with E-state index < -0.39 is 0 Å². The summed E-state index contributed by atoms with van der Waals surface area (Å²) < 4.78 is 13.0. The predicted octanol–water partition coefficient (Wildman–Crippen LogP) is 6.04. The third kappa shape index (κ3) is 4.82. The quantitative estimate of drug-likeness (QED) is 0.227. The molecule has 8 heteroatoms. The van der Waals surface area contributed by atoms with Gasteiger partial charge in [0.1, 0.15) is 18.4 Å². The molecule has 36 heavy (non-hydrogen) atoms. The smallest absolute Gasteiger partial charge is 0.174 e. The maximum atomic E-state index is 6.63. The first kappa shape index (κ1) is 24.3. The van der Waals surface area contributed by atoms with E-state index >= 15 is 0 Å². The van der Waals surface area contributed by atoms with E-state index in [0.29, 0.717) is 29.1 Å². The molecule has 0 bridgehead atoms. The number of hydrogen-bond acceptors (Lipinski definition) is 4. The zero-order valence-corrected chi connectivity index (χ0v) is 21.7. The second-order valence-electron chi connectivity index (χ2n) is 8.59. The van der Waals surface area contributed by atoms with Gasteiger partial charge in [-0.25, -0.2) is 0 Å². The van der Waals surface area contributed by atoms with E-state index in [-0.39, 0.29) is 12.1 Å². The molecule has 0 aliphatic carbocycles. The number of nitrogens with zero attached hydrogens (tertiary/aromatic N) is 3. The molecule has 2 atom stereocenters. The van der Waals surface area contributed by atoms with Gasteiger partial charge in [0.25, 0.3) is 0 Å². The van der Waals surface area contributed by atoms with Crippen LogP contribution in [0.1, 0.15) is 29.0 Å². The van der Waals surface area contributed by atoms with Crippen molar-refractivity contribution in [3.63, 3.8) is 0 Å². The van der Waals surface area contributed by atoms with Gasteiger partial charge in [-0.3, -0.25) is 4.98 Å². The summed E-state index contributed by atoms with van der Waals surface area (Å²) >= 11 is 12.5. The van der Waals surface area contributed by atoms with Gasteiger partial charge in [-0.2, -0.15) is 0 Å². The predicted molar refractivity (Wildman–Crippen MR) is 147 cm³/mol. The van der Waals surface area contributed by atoms with E-state index in [1.54, 1.807) is 7.11 Å². The van der Waals surface area contributed by atoms with E-state index in [1.165, 1.54) is 5.56 Å². The van der Waals surface area contributed by atoms with Crippen molar-refractivity contribution >= 4 is 34.6 Å². The first-order valence-electron chi connectivity index (χ1n) is 11.7. The fourth-order valence-corrected chi connectivity index (χ4v) is 5.15. The van der Waals surface area contributed by atoms with Crippen LogP contribution in [-0.2, 0) is 4.74 Å². The van der Waals surface area contributed by atoms with E-state index in [2.05, 4.69) is 69.3 Å². The molecule has 0 spiro atoms. The van der Waals surface area contributed by atoms with Crippen LogP contribution in [0, 0.1) is 6.92 Å². The lowest BCUT2D eigenvalue weighted by atomic mass is 10.0. The Labute approximate surface area is 221 Å². The van der Waals surface area contributed by atoms with E-state index in [4.69, 9.17) is 33.3 Å². The molecule has 6 nitrogen and oxygen atoms in total. The molecule has 5 rings (SSSR count). The molecule has 3 heterocycles. The highest BCUT2D eigenvalue weighted by Gasteiger charge is 2.42. The van der Waals surface area contributed by atoms with Gasteiger partial charge in [0.05, 0.1) is 23.4 Å². The Kier molecular flexibility index (Phi) is 7.23. The summed E-state index contributed by atoms with van der Waals surface area (Å²) in [6, 6.07) is 24.0. The Morgan fingerprint density at radius 2 is 1.89 bits per heavy atom. The van der Waals surface area contributed by atoms with Crippen LogP contribution in [0.3, 0.4) is 0 Å². The average molecular weight is 519 g/mol. The summed E-state index contributed by atoms with van der Waals surface area (Å²) in [5.74, 6) is 0.608. The van der Waals surface area contributed by atoms with Crippen molar-refractivity contribution in [2.75, 3.05) is 25.2 Å². The molecule has 2 aromatic carbocycles. The lowest BCUT2D eigenvalue weighted by Gasteiger charge is -2.29. The summed E-state index contributed by atoms with van der Waals surface area (Å²) in [6.07, 6.45) is 3.89. The number of rotatable bonds is 8. The SMILES string of the molecule is COCCOc1ccc(N2C(=S)N[C@@H](c3ccccn3)[C@H]2c2cccn2-c2cccc(C)c2)cc1Cl. The minimum Gasteiger partial charge on any atom is -0.490 e. The summed E-state index contributed by atoms with van der Waals surface area (Å²) in [4.78, 5) is 6.77. The monoisotopic (exact) mass is 518 g/mol. The molecule has 0 saturated carbocycles. The van der Waals surface area contributed by atoms with Gasteiger partial charge in [0.15, 0.2) is 5.11 Å². The number of benzene rings is 2.